The van der Waals surface area contributed by atoms with E-state index in [1.165, 1.54) is 167 Å². The Balaban J connectivity index is 4.82. The average molecular weight is 837 g/mol. The molecule has 0 aliphatic rings. The van der Waals surface area contributed by atoms with E-state index in [2.05, 4.69) is 41.9 Å². The number of quaternary nitrogens is 1. The molecule has 0 aromatic heterocycles. The summed E-state index contributed by atoms with van der Waals surface area (Å²) in [6.07, 6.45) is 44.7. The molecule has 7 heteroatoms. The van der Waals surface area contributed by atoms with Crippen molar-refractivity contribution in [1.82, 2.24) is 0 Å². The predicted octanol–water partition coefficient (Wildman–Crippen LogP) is 15.2. The first-order chi connectivity index (χ1) is 28.6. The first kappa shape index (κ1) is 57.4. The van der Waals surface area contributed by atoms with Crippen molar-refractivity contribution in [3.8, 4) is 0 Å². The predicted molar refractivity (Wildman–Crippen MR) is 251 cm³/mol. The van der Waals surface area contributed by atoms with Gasteiger partial charge in [0.1, 0.15) is 25.2 Å². The molecule has 0 N–H and O–H groups in total. The number of nitrogens with zero attached hydrogens (tertiary/aromatic N) is 1. The van der Waals surface area contributed by atoms with E-state index in [4.69, 9.17) is 14.2 Å². The van der Waals surface area contributed by atoms with Gasteiger partial charge in [-0.1, -0.05) is 226 Å². The van der Waals surface area contributed by atoms with Crippen LogP contribution in [0.1, 0.15) is 265 Å². The smallest absolute Gasteiger partial charge is 0.305 e. The quantitative estimate of drug-likeness (QED) is 0.0263. The van der Waals surface area contributed by atoms with E-state index in [0.29, 0.717) is 30.3 Å². The lowest BCUT2D eigenvalue weighted by Crippen LogP contribution is -2.52. The molecule has 0 heterocycles. The number of unbranched alkanes of at least 4 members (excludes halogenated alkanes) is 32. The molecule has 7 nitrogen and oxygen atoms in total. The van der Waals surface area contributed by atoms with Crippen molar-refractivity contribution in [3.63, 3.8) is 0 Å². The molecule has 0 saturated carbocycles. The van der Waals surface area contributed by atoms with Crippen LogP contribution in [0.3, 0.4) is 0 Å². The zero-order chi connectivity index (χ0) is 43.6. The molecule has 0 spiro atoms. The molecule has 350 valence electrons. The molecule has 0 unspecified atom stereocenters. The van der Waals surface area contributed by atoms with E-state index < -0.39 is 5.41 Å². The van der Waals surface area contributed by atoms with E-state index in [1.807, 2.05) is 0 Å². The fourth-order valence-corrected chi connectivity index (χ4v) is 8.34. The van der Waals surface area contributed by atoms with Crippen LogP contribution in [-0.4, -0.2) is 69.9 Å². The van der Waals surface area contributed by atoms with Gasteiger partial charge in [-0.25, -0.2) is 0 Å². The van der Waals surface area contributed by atoms with Crippen molar-refractivity contribution in [3.05, 3.63) is 0 Å². The summed E-state index contributed by atoms with van der Waals surface area (Å²) in [5.41, 5.74) is -0.815. The second kappa shape index (κ2) is 41.7. The topological polar surface area (TPSA) is 78.9 Å². The second-order valence-electron chi connectivity index (χ2n) is 19.5. The highest BCUT2D eigenvalue weighted by Crippen LogP contribution is 2.25. The third-order valence-corrected chi connectivity index (χ3v) is 11.9. The summed E-state index contributed by atoms with van der Waals surface area (Å²) in [6.45, 7) is 7.50. The van der Waals surface area contributed by atoms with Crippen molar-refractivity contribution >= 4 is 17.9 Å². The van der Waals surface area contributed by atoms with Crippen LogP contribution in [0.25, 0.3) is 0 Å². The molecular weight excluding hydrogens is 735 g/mol. The number of ether oxygens (including phenoxy) is 3. The van der Waals surface area contributed by atoms with E-state index >= 15 is 0 Å². The third-order valence-electron chi connectivity index (χ3n) is 11.9. The van der Waals surface area contributed by atoms with E-state index in [1.54, 1.807) is 0 Å². The minimum absolute atomic E-state index is 0.0660. The Labute approximate surface area is 367 Å². The molecule has 0 amide bonds. The highest BCUT2D eigenvalue weighted by Gasteiger charge is 2.41. The molecule has 0 rings (SSSR count). The molecule has 0 saturated heterocycles. The normalized spacial score (nSPS) is 11.9. The summed E-state index contributed by atoms with van der Waals surface area (Å²) >= 11 is 0. The maximum absolute atomic E-state index is 13.1. The van der Waals surface area contributed by atoms with E-state index in [9.17, 15) is 14.4 Å². The van der Waals surface area contributed by atoms with Gasteiger partial charge in [-0.05, 0) is 19.3 Å². The third kappa shape index (κ3) is 41.5. The second-order valence-corrected chi connectivity index (χ2v) is 19.5. The van der Waals surface area contributed by atoms with Gasteiger partial charge in [0.2, 0.25) is 0 Å². The van der Waals surface area contributed by atoms with Gasteiger partial charge in [0.25, 0.3) is 0 Å². The lowest BCUT2D eigenvalue weighted by atomic mass is 9.89. The van der Waals surface area contributed by atoms with Gasteiger partial charge in [-0.2, -0.15) is 0 Å². The molecule has 0 aromatic rings. The Kier molecular flexibility index (Phi) is 40.6. The van der Waals surface area contributed by atoms with Crippen molar-refractivity contribution in [1.29, 1.82) is 0 Å². The summed E-state index contributed by atoms with van der Waals surface area (Å²) < 4.78 is 18.3. The Bertz CT molecular complexity index is 908. The van der Waals surface area contributed by atoms with Crippen molar-refractivity contribution in [2.75, 3.05) is 47.5 Å². The minimum Gasteiger partial charge on any atom is -0.465 e. The zero-order valence-electron chi connectivity index (χ0n) is 40.6. The lowest BCUT2D eigenvalue weighted by Gasteiger charge is -2.38. The Hall–Kier alpha value is -1.63. The van der Waals surface area contributed by atoms with Crippen LogP contribution >= 0.6 is 0 Å². The Morgan fingerprint density at radius 1 is 0.322 bits per heavy atom. The maximum Gasteiger partial charge on any atom is 0.305 e. The summed E-state index contributed by atoms with van der Waals surface area (Å²) in [6, 6.07) is 0. The van der Waals surface area contributed by atoms with Crippen molar-refractivity contribution in [2.45, 2.75) is 265 Å². The fraction of sp³-hybridized carbons (Fsp3) is 0.942. The molecule has 0 fully saturated rings. The molecule has 0 aromatic carbocycles. The van der Waals surface area contributed by atoms with Gasteiger partial charge >= 0.3 is 17.9 Å². The fourth-order valence-electron chi connectivity index (χ4n) is 8.34. The van der Waals surface area contributed by atoms with Crippen LogP contribution in [0.4, 0.5) is 0 Å². The molecule has 0 bridgehead atoms. The maximum atomic E-state index is 13.1. The molecule has 0 atom stereocenters. The highest BCUT2D eigenvalue weighted by atomic mass is 16.6. The van der Waals surface area contributed by atoms with Gasteiger partial charge in [0, 0.05) is 19.3 Å². The molecular formula is C52H102NO6+. The van der Waals surface area contributed by atoms with Gasteiger partial charge in [-0.15, -0.1) is 0 Å². The van der Waals surface area contributed by atoms with Crippen LogP contribution in [0.5, 0.6) is 0 Å². The van der Waals surface area contributed by atoms with Gasteiger partial charge in [0.15, 0.2) is 0 Å². The van der Waals surface area contributed by atoms with E-state index in [0.717, 1.165) is 57.8 Å². The summed E-state index contributed by atoms with van der Waals surface area (Å²) in [7, 11) is 6.21. The Morgan fingerprint density at radius 3 is 0.695 bits per heavy atom. The van der Waals surface area contributed by atoms with Crippen LogP contribution in [0.2, 0.25) is 0 Å². The van der Waals surface area contributed by atoms with E-state index in [-0.39, 0.29) is 37.7 Å². The number of esters is 3. The van der Waals surface area contributed by atoms with Gasteiger partial charge in [-0.3, -0.25) is 14.4 Å². The summed E-state index contributed by atoms with van der Waals surface area (Å²) in [4.78, 5) is 39.0. The lowest BCUT2D eigenvalue weighted by molar-refractivity contribution is -0.877. The van der Waals surface area contributed by atoms with Crippen molar-refractivity contribution in [2.24, 2.45) is 5.41 Å². The van der Waals surface area contributed by atoms with Crippen LogP contribution in [0, 0.1) is 5.41 Å². The number of hydrogen-bond acceptors (Lipinski definition) is 6. The van der Waals surface area contributed by atoms with Gasteiger partial charge in [0.05, 0.1) is 27.7 Å². The number of carbonyl (C=O) groups is 3. The molecule has 0 radical (unpaired) electrons. The summed E-state index contributed by atoms with van der Waals surface area (Å²) in [5, 5.41) is 0. The highest BCUT2D eigenvalue weighted by molar-refractivity contribution is 5.70. The number of hydrogen-bond donors (Lipinski definition) is 0. The van der Waals surface area contributed by atoms with Crippen LogP contribution in [-0.2, 0) is 28.6 Å². The first-order valence-corrected chi connectivity index (χ1v) is 25.8. The largest absolute Gasteiger partial charge is 0.465 e. The standard InChI is InChI=1S/C52H102NO6/c1-7-10-13-16-19-22-23-24-25-26-27-28-29-32-35-38-41-44-51(56)59-48-52(45-53(4,5)6,46-57-49(54)42-39-36-33-30-20-17-14-11-8-2)47-58-50(55)43-40-37-34-31-21-18-15-12-9-3/h7-48H2,1-6H3/q+1. The zero-order valence-corrected chi connectivity index (χ0v) is 40.6. The first-order valence-electron chi connectivity index (χ1n) is 25.8. The van der Waals surface area contributed by atoms with Gasteiger partial charge < -0.3 is 18.7 Å². The summed E-state index contributed by atoms with van der Waals surface area (Å²) in [5.74, 6) is -0.678. The van der Waals surface area contributed by atoms with Crippen LogP contribution in [0.15, 0.2) is 0 Å². The average Bonchev–Trinajstić information content (AvgIpc) is 3.20. The monoisotopic (exact) mass is 837 g/mol. The number of carbonyl (C=O) groups excluding carboxylic acids is 3. The molecule has 0 aliphatic heterocycles. The molecule has 0 aliphatic carbocycles. The Morgan fingerprint density at radius 2 is 0.508 bits per heavy atom. The molecule has 59 heavy (non-hydrogen) atoms. The van der Waals surface area contributed by atoms with Crippen LogP contribution < -0.4 is 0 Å². The minimum atomic E-state index is -0.815. The van der Waals surface area contributed by atoms with Crippen molar-refractivity contribution < 1.29 is 33.1 Å². The SMILES string of the molecule is CCCCCCCCCCCCCCCCCCCC(=O)OCC(COC(=O)CCCCCCCCCCC)(COC(=O)CCCCCCCCCCC)C[N+](C)(C)C. The number of rotatable bonds is 46.